The minimum absolute atomic E-state index is 0.0182. The van der Waals surface area contributed by atoms with Gasteiger partial charge in [0.2, 0.25) is 0 Å². The summed E-state index contributed by atoms with van der Waals surface area (Å²) < 4.78 is 27.3. The molecule has 0 saturated carbocycles. The molecule has 5 nitrogen and oxygen atoms in total. The van der Waals surface area contributed by atoms with Crippen molar-refractivity contribution in [1.29, 1.82) is 0 Å². The third-order valence-electron chi connectivity index (χ3n) is 3.74. The van der Waals surface area contributed by atoms with Gasteiger partial charge in [-0.2, -0.15) is 0 Å². The zero-order valence-electron chi connectivity index (χ0n) is 14.0. The van der Waals surface area contributed by atoms with E-state index < -0.39 is 23.2 Å². The lowest BCUT2D eigenvalue weighted by Crippen LogP contribution is -2.16. The van der Waals surface area contributed by atoms with Crippen molar-refractivity contribution in [3.8, 4) is 0 Å². The average molecular weight is 354 g/mol. The second-order valence-electron chi connectivity index (χ2n) is 5.51. The number of carbonyl (C=O) groups excluding carboxylic acids is 1. The van der Waals surface area contributed by atoms with E-state index in [2.05, 4.69) is 27.5 Å². The molecule has 0 fully saturated rings. The third-order valence-corrected chi connectivity index (χ3v) is 3.74. The van der Waals surface area contributed by atoms with Crippen molar-refractivity contribution in [3.63, 3.8) is 0 Å². The summed E-state index contributed by atoms with van der Waals surface area (Å²) in [4.78, 5) is 20.2. The lowest BCUT2D eigenvalue weighted by molar-refractivity contribution is 0.102. The number of carbonyl (C=O) groups is 1. The Bertz CT molecular complexity index is 909. The van der Waals surface area contributed by atoms with E-state index in [1.807, 2.05) is 24.3 Å². The Morgan fingerprint density at radius 3 is 2.38 bits per heavy atom. The average Bonchev–Trinajstić information content (AvgIpc) is 2.65. The highest BCUT2D eigenvalue weighted by Crippen LogP contribution is 2.20. The maximum absolute atomic E-state index is 13.7. The van der Waals surface area contributed by atoms with Crippen LogP contribution in [-0.4, -0.2) is 15.9 Å². The van der Waals surface area contributed by atoms with Crippen LogP contribution in [0.1, 0.15) is 23.0 Å². The third kappa shape index (κ3) is 4.00. The van der Waals surface area contributed by atoms with Gasteiger partial charge in [-0.05, 0) is 36.2 Å². The lowest BCUT2D eigenvalue weighted by atomic mass is 10.1. The summed E-state index contributed by atoms with van der Waals surface area (Å²) in [6.07, 6.45) is 2.14. The van der Waals surface area contributed by atoms with Crippen molar-refractivity contribution < 1.29 is 13.6 Å². The second kappa shape index (κ2) is 7.69. The first-order valence-corrected chi connectivity index (χ1v) is 8.00. The molecule has 0 aliphatic rings. The van der Waals surface area contributed by atoms with Gasteiger partial charge in [0, 0.05) is 11.8 Å². The summed E-state index contributed by atoms with van der Waals surface area (Å²) in [6.45, 7) is 2.07. The summed E-state index contributed by atoms with van der Waals surface area (Å²) in [7, 11) is 0. The van der Waals surface area contributed by atoms with Gasteiger partial charge < -0.3 is 10.6 Å². The molecular weight excluding hydrogens is 338 g/mol. The first kappa shape index (κ1) is 17.5. The highest BCUT2D eigenvalue weighted by molar-refractivity contribution is 6.03. The molecule has 0 unspecified atom stereocenters. The number of rotatable bonds is 5. The van der Waals surface area contributed by atoms with E-state index in [4.69, 9.17) is 0 Å². The summed E-state index contributed by atoms with van der Waals surface area (Å²) in [5.41, 5.74) is 1.47. The van der Waals surface area contributed by atoms with Gasteiger partial charge in [0.1, 0.15) is 35.2 Å². The van der Waals surface area contributed by atoms with Gasteiger partial charge in [-0.3, -0.25) is 4.79 Å². The maximum atomic E-state index is 13.7. The summed E-state index contributed by atoms with van der Waals surface area (Å²) in [5, 5.41) is 5.25. The predicted molar refractivity (Wildman–Crippen MR) is 95.4 cm³/mol. The molecule has 2 N–H and O–H groups in total. The molecule has 3 aromatic rings. The van der Waals surface area contributed by atoms with Crippen molar-refractivity contribution in [2.45, 2.75) is 13.3 Å². The Morgan fingerprint density at radius 2 is 1.73 bits per heavy atom. The molecule has 0 atom stereocenters. The summed E-state index contributed by atoms with van der Waals surface area (Å²) >= 11 is 0. The normalized spacial score (nSPS) is 10.4. The largest absolute Gasteiger partial charge is 0.340 e. The first-order chi connectivity index (χ1) is 12.6. The second-order valence-corrected chi connectivity index (χ2v) is 5.51. The molecule has 2 aromatic carbocycles. The molecule has 0 aliphatic carbocycles. The van der Waals surface area contributed by atoms with Crippen molar-refractivity contribution in [3.05, 3.63) is 77.8 Å². The number of hydrogen-bond donors (Lipinski definition) is 2. The molecule has 0 bridgehead atoms. The number of amides is 1. The Hall–Kier alpha value is -3.35. The molecular formula is C19H16F2N4O. The van der Waals surface area contributed by atoms with Crippen LogP contribution in [0.15, 0.2) is 54.9 Å². The number of nitrogens with one attached hydrogen (secondary N) is 2. The smallest absolute Gasteiger partial charge is 0.274 e. The fraction of sp³-hybridized carbons (Fsp3) is 0.105. The highest BCUT2D eigenvalue weighted by Gasteiger charge is 2.15. The number of benzene rings is 2. The number of nitrogens with zero attached hydrogens (tertiary/aromatic N) is 2. The Morgan fingerprint density at radius 1 is 1.04 bits per heavy atom. The van der Waals surface area contributed by atoms with Crippen LogP contribution >= 0.6 is 0 Å². The fourth-order valence-corrected chi connectivity index (χ4v) is 2.32. The summed E-state index contributed by atoms with van der Waals surface area (Å²) in [6, 6.07) is 12.5. The van der Waals surface area contributed by atoms with Crippen LogP contribution in [0.25, 0.3) is 0 Å². The maximum Gasteiger partial charge on any atom is 0.274 e. The van der Waals surface area contributed by atoms with Gasteiger partial charge in [-0.15, -0.1) is 0 Å². The summed E-state index contributed by atoms with van der Waals surface area (Å²) in [5.74, 6) is -2.06. The highest BCUT2D eigenvalue weighted by atomic mass is 19.1. The Kier molecular flexibility index (Phi) is 5.17. The number of hydrogen-bond acceptors (Lipinski definition) is 4. The molecule has 0 radical (unpaired) electrons. The van der Waals surface area contributed by atoms with E-state index in [9.17, 15) is 13.6 Å². The molecule has 1 aromatic heterocycles. The van der Waals surface area contributed by atoms with Crippen LogP contribution < -0.4 is 10.6 Å². The predicted octanol–water partition coefficient (Wildman–Crippen LogP) is 4.31. The van der Waals surface area contributed by atoms with E-state index in [1.165, 1.54) is 24.0 Å². The fourth-order valence-electron chi connectivity index (χ4n) is 2.32. The van der Waals surface area contributed by atoms with E-state index in [1.54, 1.807) is 0 Å². The van der Waals surface area contributed by atoms with E-state index in [0.29, 0.717) is 5.82 Å². The lowest BCUT2D eigenvalue weighted by Gasteiger charge is -2.09. The minimum Gasteiger partial charge on any atom is -0.340 e. The number of halogens is 2. The van der Waals surface area contributed by atoms with Gasteiger partial charge in [-0.25, -0.2) is 18.7 Å². The molecule has 0 spiro atoms. The Balaban J connectivity index is 1.76. The van der Waals surface area contributed by atoms with Crippen molar-refractivity contribution in [2.24, 2.45) is 0 Å². The SMILES string of the molecule is CCc1ccc(Nc2cc(C(=O)Nc3c(F)cccc3F)ncn2)cc1. The van der Waals surface area contributed by atoms with Gasteiger partial charge >= 0.3 is 0 Å². The minimum atomic E-state index is -0.859. The van der Waals surface area contributed by atoms with Crippen molar-refractivity contribution in [1.82, 2.24) is 9.97 Å². The van der Waals surface area contributed by atoms with Crippen LogP contribution in [0.3, 0.4) is 0 Å². The molecule has 0 saturated heterocycles. The van der Waals surface area contributed by atoms with Crippen LogP contribution in [0.2, 0.25) is 0 Å². The Labute approximate surface area is 149 Å². The van der Waals surface area contributed by atoms with Gasteiger partial charge in [0.05, 0.1) is 0 Å². The monoisotopic (exact) mass is 354 g/mol. The van der Waals surface area contributed by atoms with Crippen molar-refractivity contribution in [2.75, 3.05) is 10.6 Å². The van der Waals surface area contributed by atoms with Gasteiger partial charge in [-0.1, -0.05) is 25.1 Å². The van der Waals surface area contributed by atoms with E-state index in [-0.39, 0.29) is 5.69 Å². The first-order valence-electron chi connectivity index (χ1n) is 8.00. The van der Waals surface area contributed by atoms with Gasteiger partial charge in [0.15, 0.2) is 0 Å². The number of aromatic nitrogens is 2. The van der Waals surface area contributed by atoms with Crippen LogP contribution in [0, 0.1) is 11.6 Å². The van der Waals surface area contributed by atoms with Crippen LogP contribution in [0.5, 0.6) is 0 Å². The molecule has 132 valence electrons. The molecule has 1 amide bonds. The number of para-hydroxylation sites is 1. The van der Waals surface area contributed by atoms with Crippen LogP contribution in [0.4, 0.5) is 26.0 Å². The van der Waals surface area contributed by atoms with Crippen LogP contribution in [-0.2, 0) is 6.42 Å². The molecule has 1 heterocycles. The van der Waals surface area contributed by atoms with Crippen molar-refractivity contribution >= 4 is 23.1 Å². The molecule has 0 aliphatic heterocycles. The standard InChI is InChI=1S/C19H16F2N4O/c1-2-12-6-8-13(9-7-12)24-17-10-16(22-11-23-17)19(26)25-18-14(20)4-3-5-15(18)21/h3-11H,2H2,1H3,(H,25,26)(H,22,23,24). The quantitative estimate of drug-likeness (QED) is 0.716. The zero-order chi connectivity index (χ0) is 18.5. The number of anilines is 3. The van der Waals surface area contributed by atoms with E-state index in [0.717, 1.165) is 24.2 Å². The van der Waals surface area contributed by atoms with E-state index >= 15 is 0 Å². The molecule has 7 heteroatoms. The molecule has 26 heavy (non-hydrogen) atoms. The molecule has 3 rings (SSSR count). The number of aryl methyl sites for hydroxylation is 1. The van der Waals surface area contributed by atoms with Gasteiger partial charge in [0.25, 0.3) is 5.91 Å². The topological polar surface area (TPSA) is 66.9 Å². The zero-order valence-corrected chi connectivity index (χ0v) is 14.0.